The molecule has 0 unspecified atom stereocenters. The van der Waals surface area contributed by atoms with Gasteiger partial charge in [0, 0.05) is 21.0 Å². The first-order chi connectivity index (χ1) is 5.11. The van der Waals surface area contributed by atoms with E-state index in [0.717, 1.165) is 0 Å². The second kappa shape index (κ2) is 3.90. The van der Waals surface area contributed by atoms with Crippen LogP contribution in [0.1, 0.15) is 23.8 Å². The summed E-state index contributed by atoms with van der Waals surface area (Å²) in [6, 6.07) is 0. The maximum atomic E-state index is 11.2. The van der Waals surface area contributed by atoms with Gasteiger partial charge >= 0.3 is 0 Å². The number of nitrogens with zero attached hydrogens (tertiary/aromatic N) is 2. The molecule has 0 radical (unpaired) electrons. The first-order valence-corrected chi connectivity index (χ1v) is 3.25. The Balaban J connectivity index is 0.00000121. The van der Waals surface area contributed by atoms with Gasteiger partial charge in [-0.1, -0.05) is 7.43 Å². The first-order valence-electron chi connectivity index (χ1n) is 3.25. The van der Waals surface area contributed by atoms with Gasteiger partial charge in [-0.15, -0.1) is 0 Å². The molecule has 0 bridgehead atoms. The molecular formula is C8H14N2O2. The van der Waals surface area contributed by atoms with Crippen LogP contribution in [-0.2, 0) is 0 Å². The summed E-state index contributed by atoms with van der Waals surface area (Å²) in [6.45, 7) is 1.70. The summed E-state index contributed by atoms with van der Waals surface area (Å²) < 4.78 is 4.88. The van der Waals surface area contributed by atoms with E-state index in [0.29, 0.717) is 11.6 Å². The van der Waals surface area contributed by atoms with Gasteiger partial charge in [-0.25, -0.2) is 4.98 Å². The van der Waals surface area contributed by atoms with Crippen molar-refractivity contribution < 1.29 is 9.21 Å². The molecule has 0 aliphatic carbocycles. The number of aryl methyl sites for hydroxylation is 1. The number of rotatable bonds is 1. The van der Waals surface area contributed by atoms with E-state index < -0.39 is 0 Å². The van der Waals surface area contributed by atoms with Gasteiger partial charge in [0.05, 0.1) is 0 Å². The summed E-state index contributed by atoms with van der Waals surface area (Å²) in [6.07, 6.45) is 1.36. The van der Waals surface area contributed by atoms with Gasteiger partial charge in [0.25, 0.3) is 5.91 Å². The maximum Gasteiger partial charge on any atom is 0.275 e. The number of aromatic nitrogens is 1. The first kappa shape index (κ1) is 10.7. The Morgan fingerprint density at radius 2 is 2.17 bits per heavy atom. The number of hydrogen-bond donors (Lipinski definition) is 0. The highest BCUT2D eigenvalue weighted by Crippen LogP contribution is 2.01. The van der Waals surface area contributed by atoms with Crippen LogP contribution in [-0.4, -0.2) is 29.9 Å². The van der Waals surface area contributed by atoms with E-state index in [1.807, 2.05) is 0 Å². The highest BCUT2D eigenvalue weighted by molar-refractivity contribution is 5.91. The zero-order valence-corrected chi connectivity index (χ0v) is 6.79. The summed E-state index contributed by atoms with van der Waals surface area (Å²) in [5, 5.41) is 0. The van der Waals surface area contributed by atoms with Crippen molar-refractivity contribution in [3.63, 3.8) is 0 Å². The quantitative estimate of drug-likeness (QED) is 0.638. The zero-order valence-electron chi connectivity index (χ0n) is 6.79. The van der Waals surface area contributed by atoms with Crippen molar-refractivity contribution in [3.8, 4) is 0 Å². The topological polar surface area (TPSA) is 46.3 Å². The lowest BCUT2D eigenvalue weighted by Crippen LogP contribution is -2.21. The van der Waals surface area contributed by atoms with Crippen LogP contribution < -0.4 is 0 Å². The van der Waals surface area contributed by atoms with E-state index >= 15 is 0 Å². The van der Waals surface area contributed by atoms with Gasteiger partial charge in [-0.2, -0.15) is 0 Å². The van der Waals surface area contributed by atoms with Gasteiger partial charge < -0.3 is 9.32 Å². The molecule has 12 heavy (non-hydrogen) atoms. The SMILES string of the molecule is C.Cc1nc(C(=O)N(C)C)co1. The standard InChI is InChI=1S/C7H10N2O2.CH4/c1-5-8-6(4-11-5)7(10)9(2)3;/h4H,1-3H3;1H4. The molecule has 0 atom stereocenters. The van der Waals surface area contributed by atoms with Crippen molar-refractivity contribution in [2.24, 2.45) is 0 Å². The van der Waals surface area contributed by atoms with Crippen LogP contribution in [0.25, 0.3) is 0 Å². The monoisotopic (exact) mass is 170 g/mol. The van der Waals surface area contributed by atoms with Crippen molar-refractivity contribution in [1.82, 2.24) is 9.88 Å². The van der Waals surface area contributed by atoms with Crippen LogP contribution in [0.5, 0.6) is 0 Å². The van der Waals surface area contributed by atoms with Gasteiger partial charge in [-0.05, 0) is 0 Å². The predicted octanol–water partition coefficient (Wildman–Crippen LogP) is 1.32. The smallest absolute Gasteiger partial charge is 0.275 e. The molecule has 0 aromatic carbocycles. The molecule has 0 N–H and O–H groups in total. The molecule has 1 heterocycles. The molecule has 0 spiro atoms. The Morgan fingerprint density at radius 1 is 1.58 bits per heavy atom. The molecule has 68 valence electrons. The predicted molar refractivity (Wildman–Crippen MR) is 46.0 cm³/mol. The third-order valence-corrected chi connectivity index (χ3v) is 1.24. The van der Waals surface area contributed by atoms with E-state index in [4.69, 9.17) is 4.42 Å². The average molecular weight is 170 g/mol. The zero-order chi connectivity index (χ0) is 8.43. The van der Waals surface area contributed by atoms with E-state index in [1.165, 1.54) is 11.2 Å². The van der Waals surface area contributed by atoms with E-state index in [1.54, 1.807) is 21.0 Å². The third-order valence-electron chi connectivity index (χ3n) is 1.24. The van der Waals surface area contributed by atoms with Crippen LogP contribution in [0, 0.1) is 6.92 Å². The van der Waals surface area contributed by atoms with Crippen LogP contribution in [0.15, 0.2) is 10.7 Å². The molecule has 4 nitrogen and oxygen atoms in total. The number of carbonyl (C=O) groups excluding carboxylic acids is 1. The summed E-state index contributed by atoms with van der Waals surface area (Å²) in [5.41, 5.74) is 0.354. The Morgan fingerprint density at radius 3 is 2.50 bits per heavy atom. The van der Waals surface area contributed by atoms with Gasteiger partial charge in [0.2, 0.25) is 0 Å². The fourth-order valence-corrected chi connectivity index (χ4v) is 0.691. The fraction of sp³-hybridized carbons (Fsp3) is 0.500. The highest BCUT2D eigenvalue weighted by Gasteiger charge is 2.11. The minimum absolute atomic E-state index is 0. The largest absolute Gasteiger partial charge is 0.448 e. The molecule has 4 heteroatoms. The molecule has 1 rings (SSSR count). The van der Waals surface area contributed by atoms with Crippen LogP contribution in [0.4, 0.5) is 0 Å². The minimum Gasteiger partial charge on any atom is -0.448 e. The second-order valence-corrected chi connectivity index (χ2v) is 2.45. The van der Waals surface area contributed by atoms with Crippen LogP contribution in [0.3, 0.4) is 0 Å². The fourth-order valence-electron chi connectivity index (χ4n) is 0.691. The molecule has 0 aliphatic heterocycles. The lowest BCUT2D eigenvalue weighted by atomic mass is 10.4. The number of carbonyl (C=O) groups is 1. The van der Waals surface area contributed by atoms with Gasteiger partial charge in [0.15, 0.2) is 11.6 Å². The molecule has 1 amide bonds. The lowest BCUT2D eigenvalue weighted by molar-refractivity contribution is 0.0822. The normalized spacial score (nSPS) is 8.92. The van der Waals surface area contributed by atoms with Crippen molar-refractivity contribution in [2.45, 2.75) is 14.4 Å². The van der Waals surface area contributed by atoms with E-state index in [-0.39, 0.29) is 13.3 Å². The molecular weight excluding hydrogens is 156 g/mol. The van der Waals surface area contributed by atoms with Crippen LogP contribution in [0.2, 0.25) is 0 Å². The lowest BCUT2D eigenvalue weighted by Gasteiger charge is -2.05. The Kier molecular flexibility index (Phi) is 3.47. The summed E-state index contributed by atoms with van der Waals surface area (Å²) >= 11 is 0. The van der Waals surface area contributed by atoms with Gasteiger partial charge in [0.1, 0.15) is 6.26 Å². The molecule has 0 aliphatic rings. The maximum absolute atomic E-state index is 11.2. The Labute approximate surface area is 72.2 Å². The number of oxazole rings is 1. The second-order valence-electron chi connectivity index (χ2n) is 2.45. The average Bonchev–Trinajstić information content (AvgIpc) is 2.34. The minimum atomic E-state index is -0.137. The van der Waals surface area contributed by atoms with Crippen molar-refractivity contribution >= 4 is 5.91 Å². The molecule has 1 aromatic heterocycles. The van der Waals surface area contributed by atoms with Crippen LogP contribution >= 0.6 is 0 Å². The van der Waals surface area contributed by atoms with Crippen molar-refractivity contribution in [2.75, 3.05) is 14.1 Å². The van der Waals surface area contributed by atoms with E-state index in [2.05, 4.69) is 4.98 Å². The van der Waals surface area contributed by atoms with Crippen molar-refractivity contribution in [1.29, 1.82) is 0 Å². The highest BCUT2D eigenvalue weighted by atomic mass is 16.3. The summed E-state index contributed by atoms with van der Waals surface area (Å²) in [5.74, 6) is 0.372. The number of amides is 1. The summed E-state index contributed by atoms with van der Waals surface area (Å²) in [7, 11) is 3.35. The Bertz CT molecular complexity index is 266. The third kappa shape index (κ3) is 2.08. The molecule has 0 fully saturated rings. The van der Waals surface area contributed by atoms with Gasteiger partial charge in [-0.3, -0.25) is 4.79 Å². The molecule has 1 aromatic rings. The number of hydrogen-bond acceptors (Lipinski definition) is 3. The molecule has 0 saturated carbocycles. The van der Waals surface area contributed by atoms with E-state index in [9.17, 15) is 4.79 Å². The summed E-state index contributed by atoms with van der Waals surface area (Å²) in [4.78, 5) is 16.5. The van der Waals surface area contributed by atoms with Crippen molar-refractivity contribution in [3.05, 3.63) is 17.8 Å². The Hall–Kier alpha value is -1.32. The molecule has 0 saturated heterocycles.